The molecule has 8 nitrogen and oxygen atoms in total. The first kappa shape index (κ1) is 39.1. The Kier molecular flexibility index (Phi) is 8.96. The summed E-state index contributed by atoms with van der Waals surface area (Å²) < 4.78 is 11.3. The van der Waals surface area contributed by atoms with Gasteiger partial charge in [0.25, 0.3) is 0 Å². The first-order valence-corrected chi connectivity index (χ1v) is 23.7. The lowest BCUT2D eigenvalue weighted by molar-refractivity contribution is 0.669. The lowest BCUT2D eigenvalue weighted by Crippen LogP contribution is -2.16. The second-order valence-electron chi connectivity index (χ2n) is 17.2. The van der Waals surface area contributed by atoms with Gasteiger partial charge in [0.05, 0.1) is 28.7 Å². The monoisotopic (exact) mass is 902 g/mol. The fourth-order valence-corrected chi connectivity index (χ4v) is 10.8. The molecule has 0 radical (unpaired) electrons. The molecule has 0 fully saturated rings. The van der Waals surface area contributed by atoms with E-state index in [9.17, 15) is 0 Å². The van der Waals surface area contributed by atoms with E-state index in [0.717, 1.165) is 82.8 Å². The summed E-state index contributed by atoms with van der Waals surface area (Å²) in [5.74, 6) is 2.90. The lowest BCUT2D eigenvalue weighted by Gasteiger charge is -2.33. The van der Waals surface area contributed by atoms with Crippen molar-refractivity contribution < 1.29 is 4.42 Å². The molecule has 0 N–H and O–H groups in total. The molecule has 1 aliphatic rings. The quantitative estimate of drug-likeness (QED) is 0.159. The van der Waals surface area contributed by atoms with E-state index in [-0.39, 0.29) is 0 Å². The molecule has 1 unspecified atom stereocenters. The molecule has 4 aromatic heterocycles. The van der Waals surface area contributed by atoms with Crippen molar-refractivity contribution in [2.75, 3.05) is 0 Å². The van der Waals surface area contributed by atoms with Crippen LogP contribution in [0.2, 0.25) is 0 Å². The van der Waals surface area contributed by atoms with E-state index < -0.39 is 6.17 Å². The van der Waals surface area contributed by atoms with E-state index in [2.05, 4.69) is 126 Å². The van der Waals surface area contributed by atoms with Crippen LogP contribution in [-0.4, -0.2) is 31.2 Å². The van der Waals surface area contributed by atoms with Gasteiger partial charge in [0.15, 0.2) is 17.5 Å². The van der Waals surface area contributed by atoms with Gasteiger partial charge in [-0.25, -0.2) is 15.0 Å². The Hall–Kier alpha value is -9.05. The maximum atomic E-state index is 6.46. The second kappa shape index (κ2) is 15.8. The van der Waals surface area contributed by atoms with E-state index in [1.165, 1.54) is 20.2 Å². The van der Waals surface area contributed by atoms with Crippen LogP contribution in [0, 0.1) is 0 Å². The molecule has 9 heteroatoms. The topological polar surface area (TPSA) is 95.6 Å². The number of fused-ring (bicyclic) bond motifs is 9. The SMILES string of the molecule is c1ccc(C2=NC(c3ccc4sc5ccccc5c4c3)=NC(c3ccc(-n4c5ccccc5c5cc6oc7ccccc7c6cc54)c(-c4nc(-c5ccccc5)nc(-c5ccccc5)n4)c3)[N-]2)cc1. The van der Waals surface area contributed by atoms with Gasteiger partial charge in [0.1, 0.15) is 11.2 Å². The third kappa shape index (κ3) is 6.62. The fraction of sp³-hybridized carbons (Fsp3) is 0.0167. The highest BCUT2D eigenvalue weighted by Gasteiger charge is 2.24. The molecule has 0 saturated heterocycles. The number of benzene rings is 9. The highest BCUT2D eigenvalue weighted by molar-refractivity contribution is 7.25. The summed E-state index contributed by atoms with van der Waals surface area (Å²) in [5.41, 5.74) is 9.93. The molecule has 324 valence electrons. The minimum atomic E-state index is -0.644. The molecule has 5 heterocycles. The number of hydrogen-bond acceptors (Lipinski definition) is 7. The van der Waals surface area contributed by atoms with Gasteiger partial charge in [-0.1, -0.05) is 164 Å². The minimum Gasteiger partial charge on any atom is -0.456 e. The predicted molar refractivity (Wildman–Crippen MR) is 283 cm³/mol. The zero-order chi connectivity index (χ0) is 45.4. The molecule has 69 heavy (non-hydrogen) atoms. The van der Waals surface area contributed by atoms with Crippen LogP contribution < -0.4 is 0 Å². The molecule has 13 aromatic rings. The number of amidine groups is 2. The smallest absolute Gasteiger partial charge is 0.166 e. The van der Waals surface area contributed by atoms with Crippen LogP contribution in [0.4, 0.5) is 0 Å². The van der Waals surface area contributed by atoms with Crippen LogP contribution in [-0.2, 0) is 0 Å². The number of hydrogen-bond donors (Lipinski definition) is 0. The number of nitrogens with zero attached hydrogens (tertiary/aromatic N) is 7. The molecule has 9 aromatic carbocycles. The summed E-state index contributed by atoms with van der Waals surface area (Å²) in [4.78, 5) is 26.3. The Bertz CT molecular complexity index is 4170. The Morgan fingerprint density at radius 3 is 1.84 bits per heavy atom. The highest BCUT2D eigenvalue weighted by Crippen LogP contribution is 2.43. The van der Waals surface area contributed by atoms with Gasteiger partial charge < -0.3 is 19.3 Å². The van der Waals surface area contributed by atoms with Crippen molar-refractivity contribution in [3.63, 3.8) is 0 Å². The molecule has 14 rings (SSSR count). The van der Waals surface area contributed by atoms with E-state index >= 15 is 0 Å². The molecule has 0 bridgehead atoms. The first-order valence-electron chi connectivity index (χ1n) is 22.9. The van der Waals surface area contributed by atoms with E-state index in [1.807, 2.05) is 91.0 Å². The number of aliphatic imine (C=N–C) groups is 2. The summed E-state index contributed by atoms with van der Waals surface area (Å²) in [6, 6.07) is 73.1. The van der Waals surface area contributed by atoms with Crippen molar-refractivity contribution in [2.24, 2.45) is 9.98 Å². The van der Waals surface area contributed by atoms with Gasteiger partial charge in [0, 0.05) is 58.4 Å². The lowest BCUT2D eigenvalue weighted by atomic mass is 10.0. The van der Waals surface area contributed by atoms with E-state index in [4.69, 9.17) is 34.7 Å². The van der Waals surface area contributed by atoms with Crippen molar-refractivity contribution in [2.45, 2.75) is 6.17 Å². The summed E-state index contributed by atoms with van der Waals surface area (Å²) in [7, 11) is 0. The average molecular weight is 903 g/mol. The predicted octanol–water partition coefficient (Wildman–Crippen LogP) is 15.5. The van der Waals surface area contributed by atoms with Crippen LogP contribution in [0.15, 0.2) is 227 Å². The minimum absolute atomic E-state index is 0.520. The second-order valence-corrected chi connectivity index (χ2v) is 18.3. The maximum Gasteiger partial charge on any atom is 0.166 e. The number of para-hydroxylation sites is 2. The van der Waals surface area contributed by atoms with Crippen LogP contribution in [0.3, 0.4) is 0 Å². The maximum absolute atomic E-state index is 6.46. The van der Waals surface area contributed by atoms with E-state index in [0.29, 0.717) is 29.1 Å². The number of furan rings is 1. The van der Waals surface area contributed by atoms with Crippen LogP contribution in [0.25, 0.3) is 109 Å². The van der Waals surface area contributed by atoms with Gasteiger partial charge in [-0.2, -0.15) is 0 Å². The van der Waals surface area contributed by atoms with Crippen LogP contribution in [0.5, 0.6) is 0 Å². The third-order valence-electron chi connectivity index (χ3n) is 13.0. The van der Waals surface area contributed by atoms with Crippen molar-refractivity contribution in [3.8, 4) is 39.9 Å². The van der Waals surface area contributed by atoms with Gasteiger partial charge in [0.2, 0.25) is 0 Å². The Morgan fingerprint density at radius 2 is 1.07 bits per heavy atom. The fourth-order valence-electron chi connectivity index (χ4n) is 9.76. The zero-order valence-corrected chi connectivity index (χ0v) is 37.5. The highest BCUT2D eigenvalue weighted by atomic mass is 32.1. The number of aromatic nitrogens is 4. The van der Waals surface area contributed by atoms with Crippen LogP contribution >= 0.6 is 11.3 Å². The van der Waals surface area contributed by atoms with Crippen molar-refractivity contribution in [3.05, 3.63) is 234 Å². The third-order valence-corrected chi connectivity index (χ3v) is 14.2. The van der Waals surface area contributed by atoms with Gasteiger partial charge in [-0.3, -0.25) is 4.99 Å². The molecule has 1 aliphatic heterocycles. The summed E-state index contributed by atoms with van der Waals surface area (Å²) in [6.07, 6.45) is -0.644. The standard InChI is InChI=1S/C60H36N7OS/c1-4-16-36(17-5-1)55-62-58(64-59(63-55)40-29-31-54-46(32-40)43-24-12-15-27-53(43)69-54)39-28-30-49(47(33-39)60-65-56(37-18-6-2-7-19-37)61-57(66-60)38-20-8-3-9-21-38)67-48-25-13-10-22-41(48)44-35-52-45(34-50(44)67)42-23-11-14-26-51(42)68-52/h1-35,58H/q-1. The summed E-state index contributed by atoms with van der Waals surface area (Å²) >= 11 is 1.80. The molecule has 0 amide bonds. The Balaban J connectivity index is 1.02. The van der Waals surface area contributed by atoms with Gasteiger partial charge in [-0.05, 0) is 71.3 Å². The number of rotatable bonds is 7. The van der Waals surface area contributed by atoms with E-state index in [1.54, 1.807) is 11.3 Å². The average Bonchev–Trinajstić information content (AvgIpc) is 4.09. The van der Waals surface area contributed by atoms with Gasteiger partial charge in [-0.15, -0.1) is 11.3 Å². The Labute approximate surface area is 399 Å². The van der Waals surface area contributed by atoms with Crippen molar-refractivity contribution in [1.29, 1.82) is 0 Å². The molecule has 0 saturated carbocycles. The summed E-state index contributed by atoms with van der Waals surface area (Å²) in [6.45, 7) is 0. The van der Waals surface area contributed by atoms with Gasteiger partial charge >= 0.3 is 0 Å². The molecule has 0 spiro atoms. The normalized spacial score (nSPS) is 13.9. The molecule has 0 aliphatic carbocycles. The Morgan fingerprint density at radius 1 is 0.435 bits per heavy atom. The zero-order valence-electron chi connectivity index (χ0n) is 36.7. The van der Waals surface area contributed by atoms with Crippen LogP contribution in [0.1, 0.15) is 22.9 Å². The molecule has 1 atom stereocenters. The van der Waals surface area contributed by atoms with Crippen molar-refractivity contribution in [1.82, 2.24) is 19.5 Å². The largest absolute Gasteiger partial charge is 0.456 e. The van der Waals surface area contributed by atoms with Crippen molar-refractivity contribution >= 4 is 86.9 Å². The first-order chi connectivity index (χ1) is 34.2. The summed E-state index contributed by atoms with van der Waals surface area (Å²) in [5, 5.41) is 12.0. The molecular weight excluding hydrogens is 867 g/mol. The molecular formula is C60H36N7OS-. The number of thiophene rings is 1.